The summed E-state index contributed by atoms with van der Waals surface area (Å²) in [6.45, 7) is 0. The maximum Gasteiger partial charge on any atom is 0.337 e. The number of ether oxygens (including phenoxy) is 3. The van der Waals surface area contributed by atoms with Gasteiger partial charge < -0.3 is 19.5 Å². The number of nitrogens with zero attached hydrogens (tertiary/aromatic N) is 1. The van der Waals surface area contributed by atoms with Gasteiger partial charge in [-0.15, -0.1) is 0 Å². The first-order chi connectivity index (χ1) is 17.4. The average molecular weight is 488 g/mol. The zero-order valence-electron chi connectivity index (χ0n) is 20.0. The Morgan fingerprint density at radius 2 is 1.44 bits per heavy atom. The van der Waals surface area contributed by atoms with Crippen molar-refractivity contribution in [3.8, 4) is 11.5 Å². The van der Waals surface area contributed by atoms with Crippen LogP contribution in [0.1, 0.15) is 31.8 Å². The molecule has 0 saturated heterocycles. The van der Waals surface area contributed by atoms with E-state index in [9.17, 15) is 14.4 Å². The summed E-state index contributed by atoms with van der Waals surface area (Å²) in [6.07, 6.45) is 2.91. The van der Waals surface area contributed by atoms with Crippen molar-refractivity contribution in [1.82, 2.24) is 10.7 Å². The van der Waals surface area contributed by atoms with Crippen LogP contribution in [0.25, 0.3) is 6.08 Å². The molecule has 36 heavy (non-hydrogen) atoms. The smallest absolute Gasteiger partial charge is 0.337 e. The Bertz CT molecular complexity index is 1280. The molecule has 184 valence electrons. The molecule has 3 aromatic carbocycles. The van der Waals surface area contributed by atoms with Crippen LogP contribution in [-0.4, -0.2) is 45.3 Å². The highest BCUT2D eigenvalue weighted by Gasteiger charge is 2.15. The SMILES string of the molecule is COC(=O)c1ccc(/C=N\NC(=O)/C(=C/c2ccc(OC)c(OC)c2)NC(=O)c2ccccc2)cc1. The molecule has 0 radical (unpaired) electrons. The number of nitrogens with one attached hydrogen (secondary N) is 2. The number of hydrazone groups is 1. The molecule has 0 bridgehead atoms. The topological polar surface area (TPSA) is 115 Å². The normalized spacial score (nSPS) is 11.0. The largest absolute Gasteiger partial charge is 0.493 e. The maximum atomic E-state index is 12.9. The number of methoxy groups -OCH3 is 3. The van der Waals surface area contributed by atoms with E-state index < -0.39 is 17.8 Å². The first-order valence-electron chi connectivity index (χ1n) is 10.8. The van der Waals surface area contributed by atoms with Crippen LogP contribution in [0.4, 0.5) is 0 Å². The molecule has 0 aliphatic carbocycles. The van der Waals surface area contributed by atoms with Crippen LogP contribution in [0.5, 0.6) is 11.5 Å². The molecule has 9 nitrogen and oxygen atoms in total. The fourth-order valence-corrected chi connectivity index (χ4v) is 3.10. The van der Waals surface area contributed by atoms with Crippen LogP contribution in [0.3, 0.4) is 0 Å². The summed E-state index contributed by atoms with van der Waals surface area (Å²) in [5.41, 5.74) is 4.38. The van der Waals surface area contributed by atoms with E-state index in [1.807, 2.05) is 0 Å². The van der Waals surface area contributed by atoms with Gasteiger partial charge in [-0.3, -0.25) is 9.59 Å². The van der Waals surface area contributed by atoms with Gasteiger partial charge in [0.15, 0.2) is 11.5 Å². The van der Waals surface area contributed by atoms with Gasteiger partial charge in [0.2, 0.25) is 0 Å². The van der Waals surface area contributed by atoms with E-state index in [2.05, 4.69) is 20.6 Å². The molecule has 0 aliphatic heterocycles. The molecule has 0 atom stereocenters. The van der Waals surface area contributed by atoms with Crippen molar-refractivity contribution in [3.05, 3.63) is 101 Å². The first kappa shape index (κ1) is 25.7. The van der Waals surface area contributed by atoms with E-state index >= 15 is 0 Å². The summed E-state index contributed by atoms with van der Waals surface area (Å²) < 4.78 is 15.2. The van der Waals surface area contributed by atoms with Crippen molar-refractivity contribution in [2.75, 3.05) is 21.3 Å². The van der Waals surface area contributed by atoms with Gasteiger partial charge in [-0.25, -0.2) is 10.2 Å². The Morgan fingerprint density at radius 1 is 0.778 bits per heavy atom. The monoisotopic (exact) mass is 487 g/mol. The van der Waals surface area contributed by atoms with Gasteiger partial charge in [0.1, 0.15) is 5.70 Å². The van der Waals surface area contributed by atoms with E-state index in [0.29, 0.717) is 33.8 Å². The molecular weight excluding hydrogens is 462 g/mol. The third-order valence-corrected chi connectivity index (χ3v) is 4.96. The van der Waals surface area contributed by atoms with Crippen LogP contribution in [0.15, 0.2) is 83.6 Å². The lowest BCUT2D eigenvalue weighted by Crippen LogP contribution is -2.32. The Kier molecular flexibility index (Phi) is 8.94. The van der Waals surface area contributed by atoms with Crippen LogP contribution in [-0.2, 0) is 9.53 Å². The quantitative estimate of drug-likeness (QED) is 0.207. The highest BCUT2D eigenvalue weighted by molar-refractivity contribution is 6.05. The minimum absolute atomic E-state index is 0.0331. The number of carbonyl (C=O) groups excluding carboxylic acids is 3. The second-order valence-corrected chi connectivity index (χ2v) is 7.31. The molecule has 0 aromatic heterocycles. The lowest BCUT2D eigenvalue weighted by atomic mass is 10.1. The van der Waals surface area contributed by atoms with E-state index in [-0.39, 0.29) is 5.70 Å². The van der Waals surface area contributed by atoms with Gasteiger partial charge >= 0.3 is 5.97 Å². The fourth-order valence-electron chi connectivity index (χ4n) is 3.10. The lowest BCUT2D eigenvalue weighted by Gasteiger charge is -2.11. The number of hydrogen-bond acceptors (Lipinski definition) is 7. The van der Waals surface area contributed by atoms with Crippen molar-refractivity contribution < 1.29 is 28.6 Å². The molecule has 0 saturated carbocycles. The van der Waals surface area contributed by atoms with Gasteiger partial charge in [-0.05, 0) is 53.6 Å². The van der Waals surface area contributed by atoms with Crippen LogP contribution >= 0.6 is 0 Å². The number of carbonyl (C=O) groups is 3. The van der Waals surface area contributed by atoms with Crippen LogP contribution in [0, 0.1) is 0 Å². The molecular formula is C27H25N3O6. The van der Waals surface area contributed by atoms with Crippen molar-refractivity contribution in [1.29, 1.82) is 0 Å². The summed E-state index contributed by atoms with van der Waals surface area (Å²) in [5.74, 6) is -0.562. The van der Waals surface area contributed by atoms with Gasteiger partial charge in [-0.1, -0.05) is 36.4 Å². The third kappa shape index (κ3) is 6.80. The summed E-state index contributed by atoms with van der Waals surface area (Å²) in [7, 11) is 4.33. The highest BCUT2D eigenvalue weighted by Crippen LogP contribution is 2.28. The standard InChI is InChI=1S/C27H25N3O6/c1-34-23-14-11-19(16-24(23)35-2)15-22(29-25(31)20-7-5-4-6-8-20)26(32)30-28-17-18-9-12-21(13-10-18)27(33)36-3/h4-17H,1-3H3,(H,29,31)(H,30,32)/b22-15-,28-17-. The van der Waals surface area contributed by atoms with Crippen molar-refractivity contribution in [3.63, 3.8) is 0 Å². The molecule has 2 amide bonds. The minimum atomic E-state index is -0.642. The van der Waals surface area contributed by atoms with E-state index in [0.717, 1.165) is 0 Å². The first-order valence-corrected chi connectivity index (χ1v) is 10.8. The summed E-state index contributed by atoms with van der Waals surface area (Å²) in [6, 6.07) is 20.1. The number of benzene rings is 3. The average Bonchev–Trinajstić information content (AvgIpc) is 2.92. The van der Waals surface area contributed by atoms with E-state index in [1.165, 1.54) is 33.6 Å². The molecule has 0 fully saturated rings. The Balaban J connectivity index is 1.82. The molecule has 3 rings (SSSR count). The zero-order valence-corrected chi connectivity index (χ0v) is 20.0. The number of hydrogen-bond donors (Lipinski definition) is 2. The van der Waals surface area contributed by atoms with E-state index in [1.54, 1.807) is 72.8 Å². The predicted molar refractivity (Wildman–Crippen MR) is 135 cm³/mol. The van der Waals surface area contributed by atoms with Gasteiger partial charge in [-0.2, -0.15) is 5.10 Å². The minimum Gasteiger partial charge on any atom is -0.493 e. The Labute approximate surface area is 208 Å². The Morgan fingerprint density at radius 3 is 2.08 bits per heavy atom. The highest BCUT2D eigenvalue weighted by atomic mass is 16.5. The number of esters is 1. The number of rotatable bonds is 9. The van der Waals surface area contributed by atoms with Gasteiger partial charge in [0.05, 0.1) is 33.1 Å². The van der Waals surface area contributed by atoms with Crippen LogP contribution in [0.2, 0.25) is 0 Å². The summed E-state index contributed by atoms with van der Waals surface area (Å²) in [5, 5.41) is 6.60. The maximum absolute atomic E-state index is 12.9. The van der Waals surface area contributed by atoms with Crippen molar-refractivity contribution in [2.45, 2.75) is 0 Å². The van der Waals surface area contributed by atoms with Crippen LogP contribution < -0.4 is 20.2 Å². The molecule has 9 heteroatoms. The molecule has 0 unspecified atom stereocenters. The van der Waals surface area contributed by atoms with Crippen molar-refractivity contribution in [2.24, 2.45) is 5.10 Å². The zero-order chi connectivity index (χ0) is 25.9. The fraction of sp³-hybridized carbons (Fsp3) is 0.111. The van der Waals surface area contributed by atoms with Gasteiger partial charge in [0.25, 0.3) is 11.8 Å². The summed E-state index contributed by atoms with van der Waals surface area (Å²) in [4.78, 5) is 37.2. The Hall–Kier alpha value is -4.92. The molecule has 0 heterocycles. The van der Waals surface area contributed by atoms with Gasteiger partial charge in [0, 0.05) is 5.56 Å². The number of amides is 2. The molecule has 0 aliphatic rings. The molecule has 2 N–H and O–H groups in total. The second kappa shape index (κ2) is 12.5. The predicted octanol–water partition coefficient (Wildman–Crippen LogP) is 3.41. The molecule has 3 aromatic rings. The lowest BCUT2D eigenvalue weighted by molar-refractivity contribution is -0.117. The van der Waals surface area contributed by atoms with Crippen molar-refractivity contribution >= 4 is 30.1 Å². The summed E-state index contributed by atoms with van der Waals surface area (Å²) >= 11 is 0. The third-order valence-electron chi connectivity index (χ3n) is 4.96. The van der Waals surface area contributed by atoms with E-state index in [4.69, 9.17) is 9.47 Å². The molecule has 0 spiro atoms. The second-order valence-electron chi connectivity index (χ2n) is 7.31.